The molecule has 0 saturated carbocycles. The number of hydrogen-bond donors (Lipinski definition) is 2. The highest BCUT2D eigenvalue weighted by molar-refractivity contribution is 5.85. The molecule has 9 heteroatoms. The molecule has 1 aromatic carbocycles. The summed E-state index contributed by atoms with van der Waals surface area (Å²) in [7, 11) is 0. The summed E-state index contributed by atoms with van der Waals surface area (Å²) in [5.74, 6) is 0.180. The van der Waals surface area contributed by atoms with Crippen molar-refractivity contribution >= 4 is 17.9 Å². The minimum atomic E-state index is -0.476. The SMILES string of the molecule is O=[N+]([O-])c1ccccc1C=NNc1nn[nH]n1. The van der Waals surface area contributed by atoms with Crippen LogP contribution in [0, 0.1) is 10.1 Å². The Balaban J connectivity index is 2.13. The van der Waals surface area contributed by atoms with Gasteiger partial charge in [-0.2, -0.15) is 10.3 Å². The molecule has 1 heterocycles. The second-order valence-corrected chi connectivity index (χ2v) is 2.92. The van der Waals surface area contributed by atoms with Gasteiger partial charge in [-0.15, -0.1) is 5.10 Å². The van der Waals surface area contributed by atoms with Crippen molar-refractivity contribution in [3.8, 4) is 0 Å². The first-order valence-corrected chi connectivity index (χ1v) is 4.53. The third kappa shape index (κ3) is 2.59. The Hall–Kier alpha value is -2.84. The first-order valence-electron chi connectivity index (χ1n) is 4.53. The van der Waals surface area contributed by atoms with Crippen molar-refractivity contribution in [1.29, 1.82) is 0 Å². The number of benzene rings is 1. The quantitative estimate of drug-likeness (QED) is 0.451. The van der Waals surface area contributed by atoms with Gasteiger partial charge in [0.2, 0.25) is 0 Å². The highest BCUT2D eigenvalue weighted by Gasteiger charge is 2.09. The number of nitro benzene ring substituents is 1. The molecule has 0 atom stereocenters. The number of anilines is 1. The van der Waals surface area contributed by atoms with Gasteiger partial charge in [0.25, 0.3) is 11.6 Å². The molecule has 2 N–H and O–H groups in total. The Morgan fingerprint density at radius 2 is 2.29 bits per heavy atom. The van der Waals surface area contributed by atoms with Crippen LogP contribution in [0.25, 0.3) is 0 Å². The molecule has 0 unspecified atom stereocenters. The van der Waals surface area contributed by atoms with Crippen molar-refractivity contribution in [2.75, 3.05) is 5.43 Å². The van der Waals surface area contributed by atoms with E-state index in [4.69, 9.17) is 0 Å². The summed E-state index contributed by atoms with van der Waals surface area (Å²) in [6, 6.07) is 6.25. The molecule has 0 saturated heterocycles. The van der Waals surface area contributed by atoms with Crippen LogP contribution in [0.5, 0.6) is 0 Å². The molecule has 17 heavy (non-hydrogen) atoms. The normalized spacial score (nSPS) is 10.6. The first kappa shape index (κ1) is 10.7. The maximum atomic E-state index is 10.7. The lowest BCUT2D eigenvalue weighted by atomic mass is 10.2. The number of aromatic amines is 1. The van der Waals surface area contributed by atoms with Crippen LogP contribution < -0.4 is 5.43 Å². The van der Waals surface area contributed by atoms with Crippen LogP contribution in [-0.4, -0.2) is 31.8 Å². The number of aromatic nitrogens is 4. The van der Waals surface area contributed by atoms with E-state index in [1.54, 1.807) is 18.2 Å². The summed E-state index contributed by atoms with van der Waals surface area (Å²) in [6.45, 7) is 0. The highest BCUT2D eigenvalue weighted by atomic mass is 16.6. The molecule has 2 aromatic rings. The summed E-state index contributed by atoms with van der Waals surface area (Å²) < 4.78 is 0. The van der Waals surface area contributed by atoms with E-state index < -0.39 is 4.92 Å². The monoisotopic (exact) mass is 233 g/mol. The van der Waals surface area contributed by atoms with Gasteiger partial charge >= 0.3 is 0 Å². The minimum absolute atomic E-state index is 0.0221. The van der Waals surface area contributed by atoms with E-state index in [9.17, 15) is 10.1 Å². The lowest BCUT2D eigenvalue weighted by Crippen LogP contribution is -1.96. The van der Waals surface area contributed by atoms with E-state index in [1.807, 2.05) is 0 Å². The van der Waals surface area contributed by atoms with Gasteiger partial charge in [-0.05, 0) is 11.3 Å². The Morgan fingerprint density at radius 3 is 3.00 bits per heavy atom. The van der Waals surface area contributed by atoms with Crippen LogP contribution in [-0.2, 0) is 0 Å². The third-order valence-corrected chi connectivity index (χ3v) is 1.85. The van der Waals surface area contributed by atoms with E-state index >= 15 is 0 Å². The van der Waals surface area contributed by atoms with Gasteiger partial charge in [-0.1, -0.05) is 17.2 Å². The van der Waals surface area contributed by atoms with Crippen molar-refractivity contribution in [2.45, 2.75) is 0 Å². The molecule has 0 aliphatic carbocycles. The molecule has 0 bridgehead atoms. The smallest absolute Gasteiger partial charge is 0.258 e. The van der Waals surface area contributed by atoms with Gasteiger partial charge in [0.1, 0.15) is 0 Å². The fourth-order valence-electron chi connectivity index (χ4n) is 1.13. The van der Waals surface area contributed by atoms with E-state index in [0.717, 1.165) is 0 Å². The third-order valence-electron chi connectivity index (χ3n) is 1.85. The number of H-pyrrole nitrogens is 1. The van der Waals surface area contributed by atoms with E-state index in [0.29, 0.717) is 5.56 Å². The number of nitro groups is 1. The molecule has 0 radical (unpaired) electrons. The second-order valence-electron chi connectivity index (χ2n) is 2.92. The van der Waals surface area contributed by atoms with Gasteiger partial charge in [0.05, 0.1) is 16.7 Å². The van der Waals surface area contributed by atoms with Crippen LogP contribution >= 0.6 is 0 Å². The lowest BCUT2D eigenvalue weighted by molar-refractivity contribution is -0.385. The highest BCUT2D eigenvalue weighted by Crippen LogP contribution is 2.15. The maximum absolute atomic E-state index is 10.7. The summed E-state index contributed by atoms with van der Waals surface area (Å²) >= 11 is 0. The lowest BCUT2D eigenvalue weighted by Gasteiger charge is -1.95. The van der Waals surface area contributed by atoms with Gasteiger partial charge in [-0.25, -0.2) is 5.43 Å². The van der Waals surface area contributed by atoms with E-state index in [2.05, 4.69) is 31.2 Å². The van der Waals surface area contributed by atoms with Crippen LogP contribution in [0.4, 0.5) is 11.6 Å². The molecule has 0 aliphatic rings. The predicted molar refractivity (Wildman–Crippen MR) is 58.5 cm³/mol. The first-order chi connectivity index (χ1) is 8.27. The van der Waals surface area contributed by atoms with Crippen molar-refractivity contribution in [3.05, 3.63) is 39.9 Å². The molecule has 0 aliphatic heterocycles. The van der Waals surface area contributed by atoms with Crippen molar-refractivity contribution in [1.82, 2.24) is 20.6 Å². The Labute approximate surface area is 94.7 Å². The molecular formula is C8H7N7O2. The van der Waals surface area contributed by atoms with Crippen LogP contribution in [0.15, 0.2) is 29.4 Å². The Morgan fingerprint density at radius 1 is 1.47 bits per heavy atom. The number of tetrazole rings is 1. The summed E-state index contributed by atoms with van der Waals surface area (Å²) in [6.07, 6.45) is 1.31. The fraction of sp³-hybridized carbons (Fsp3) is 0. The molecule has 9 nitrogen and oxygen atoms in total. The Bertz CT molecular complexity index is 537. The zero-order chi connectivity index (χ0) is 12.1. The largest absolute Gasteiger partial charge is 0.283 e. The summed E-state index contributed by atoms with van der Waals surface area (Å²) in [5.41, 5.74) is 2.83. The number of nitrogens with one attached hydrogen (secondary N) is 2. The molecule has 0 spiro atoms. The molecule has 0 amide bonds. The fourth-order valence-corrected chi connectivity index (χ4v) is 1.13. The zero-order valence-electron chi connectivity index (χ0n) is 8.44. The van der Waals surface area contributed by atoms with Crippen molar-refractivity contribution in [2.24, 2.45) is 5.10 Å². The van der Waals surface area contributed by atoms with Crippen molar-refractivity contribution < 1.29 is 4.92 Å². The van der Waals surface area contributed by atoms with Gasteiger partial charge in [0, 0.05) is 6.07 Å². The molecular weight excluding hydrogens is 226 g/mol. The van der Waals surface area contributed by atoms with E-state index in [-0.39, 0.29) is 11.6 Å². The van der Waals surface area contributed by atoms with Crippen molar-refractivity contribution in [3.63, 3.8) is 0 Å². The van der Waals surface area contributed by atoms with E-state index in [1.165, 1.54) is 12.3 Å². The minimum Gasteiger partial charge on any atom is -0.258 e. The van der Waals surface area contributed by atoms with Crippen LogP contribution in [0.1, 0.15) is 5.56 Å². The number of hydrogen-bond acceptors (Lipinski definition) is 7. The van der Waals surface area contributed by atoms with Gasteiger partial charge in [0.15, 0.2) is 0 Å². The second kappa shape index (κ2) is 4.79. The molecule has 0 fully saturated rings. The topological polar surface area (TPSA) is 122 Å². The summed E-state index contributed by atoms with van der Waals surface area (Å²) in [5, 5.41) is 27.2. The van der Waals surface area contributed by atoms with Gasteiger partial charge in [-0.3, -0.25) is 10.1 Å². The molecule has 2 rings (SSSR count). The maximum Gasteiger partial charge on any atom is 0.283 e. The Kier molecular flexibility index (Phi) is 3.01. The molecule has 1 aromatic heterocycles. The zero-order valence-corrected chi connectivity index (χ0v) is 8.44. The summed E-state index contributed by atoms with van der Waals surface area (Å²) in [4.78, 5) is 10.2. The number of rotatable bonds is 4. The average Bonchev–Trinajstić information content (AvgIpc) is 2.82. The number of para-hydroxylation sites is 1. The number of nitrogens with zero attached hydrogens (tertiary/aromatic N) is 5. The standard InChI is InChI=1S/C8H7N7O2/c16-15(17)7-4-2-1-3-6(7)5-9-10-8-11-13-14-12-8/h1-5H,(H2,10,11,12,13,14). The van der Waals surface area contributed by atoms with Crippen LogP contribution in [0.3, 0.4) is 0 Å². The molecule has 86 valence electrons. The average molecular weight is 233 g/mol. The van der Waals surface area contributed by atoms with Crippen LogP contribution in [0.2, 0.25) is 0 Å². The van der Waals surface area contributed by atoms with Gasteiger partial charge < -0.3 is 0 Å². The number of hydrazone groups is 1. The predicted octanol–water partition coefficient (Wildman–Crippen LogP) is 0.554.